The van der Waals surface area contributed by atoms with Crippen LogP contribution in [-0.4, -0.2) is 48.5 Å². The van der Waals surface area contributed by atoms with Gasteiger partial charge in [-0.25, -0.2) is 14.5 Å². The summed E-state index contributed by atoms with van der Waals surface area (Å²) in [6.45, 7) is 5.20. The van der Waals surface area contributed by atoms with Gasteiger partial charge in [-0.05, 0) is 44.4 Å². The molecule has 0 unspecified atom stereocenters. The molecule has 0 aromatic carbocycles. The number of fused-ring (bicyclic) bond motifs is 1. The van der Waals surface area contributed by atoms with Gasteiger partial charge in [-0.15, -0.1) is 0 Å². The predicted octanol–water partition coefficient (Wildman–Crippen LogP) is 2.81. The minimum Gasteiger partial charge on any atom is -0.338 e. The molecule has 0 saturated carbocycles. The van der Waals surface area contributed by atoms with E-state index in [9.17, 15) is 4.79 Å². The van der Waals surface area contributed by atoms with Crippen molar-refractivity contribution in [3.63, 3.8) is 0 Å². The summed E-state index contributed by atoms with van der Waals surface area (Å²) in [7, 11) is 0. The Morgan fingerprint density at radius 2 is 2.12 bits per heavy atom. The van der Waals surface area contributed by atoms with Gasteiger partial charge in [0.15, 0.2) is 0 Å². The SMILES string of the molecule is Cc1cc([C@H]2CCCN(C(=O)c3cc(Cl)ncc3C)C2)n2ncnc2n1. The predicted molar refractivity (Wildman–Crippen MR) is 97.4 cm³/mol. The molecule has 3 aromatic rings. The van der Waals surface area contributed by atoms with E-state index in [1.165, 1.54) is 6.33 Å². The lowest BCUT2D eigenvalue weighted by atomic mass is 9.93. The van der Waals surface area contributed by atoms with Crippen LogP contribution in [0.25, 0.3) is 5.78 Å². The highest BCUT2D eigenvalue weighted by Crippen LogP contribution is 2.28. The maximum atomic E-state index is 13.0. The number of carbonyl (C=O) groups excluding carboxylic acids is 1. The van der Waals surface area contributed by atoms with Gasteiger partial charge in [0, 0.05) is 36.5 Å². The fourth-order valence-corrected chi connectivity index (χ4v) is 3.71. The van der Waals surface area contributed by atoms with Gasteiger partial charge in [0.25, 0.3) is 11.7 Å². The number of amides is 1. The average molecular weight is 371 g/mol. The molecule has 3 aromatic heterocycles. The van der Waals surface area contributed by atoms with Crippen molar-refractivity contribution in [2.75, 3.05) is 13.1 Å². The van der Waals surface area contributed by atoms with E-state index < -0.39 is 0 Å². The van der Waals surface area contributed by atoms with E-state index in [4.69, 9.17) is 11.6 Å². The van der Waals surface area contributed by atoms with Crippen molar-refractivity contribution in [3.05, 3.63) is 52.3 Å². The number of aryl methyl sites for hydroxylation is 2. The van der Waals surface area contributed by atoms with Crippen LogP contribution in [0.2, 0.25) is 5.15 Å². The van der Waals surface area contributed by atoms with Crippen LogP contribution in [0.5, 0.6) is 0 Å². The van der Waals surface area contributed by atoms with Gasteiger partial charge in [0.1, 0.15) is 11.5 Å². The van der Waals surface area contributed by atoms with Crippen LogP contribution in [0.1, 0.15) is 46.1 Å². The van der Waals surface area contributed by atoms with E-state index in [0.29, 0.717) is 23.0 Å². The van der Waals surface area contributed by atoms with Crippen molar-refractivity contribution in [3.8, 4) is 0 Å². The summed E-state index contributed by atoms with van der Waals surface area (Å²) in [4.78, 5) is 27.6. The van der Waals surface area contributed by atoms with Gasteiger partial charge >= 0.3 is 0 Å². The molecule has 0 N–H and O–H groups in total. The van der Waals surface area contributed by atoms with Crippen molar-refractivity contribution in [1.29, 1.82) is 0 Å². The number of piperidine rings is 1. The van der Waals surface area contributed by atoms with Crippen molar-refractivity contribution >= 4 is 23.3 Å². The molecule has 0 radical (unpaired) electrons. The molecule has 26 heavy (non-hydrogen) atoms. The van der Waals surface area contributed by atoms with Gasteiger partial charge in [-0.1, -0.05) is 11.6 Å². The molecule has 4 heterocycles. The maximum Gasteiger partial charge on any atom is 0.254 e. The van der Waals surface area contributed by atoms with E-state index in [-0.39, 0.29) is 11.8 Å². The van der Waals surface area contributed by atoms with Crippen molar-refractivity contribution in [1.82, 2.24) is 29.5 Å². The summed E-state index contributed by atoms with van der Waals surface area (Å²) in [5.74, 6) is 0.786. The molecule has 1 aliphatic heterocycles. The minimum absolute atomic E-state index is 0.00267. The topological polar surface area (TPSA) is 76.3 Å². The zero-order chi connectivity index (χ0) is 18.3. The molecule has 4 rings (SSSR count). The largest absolute Gasteiger partial charge is 0.338 e. The molecule has 1 amide bonds. The average Bonchev–Trinajstić information content (AvgIpc) is 3.11. The third-order valence-electron chi connectivity index (χ3n) is 4.83. The molecule has 1 saturated heterocycles. The number of rotatable bonds is 2. The second kappa shape index (κ2) is 6.64. The Bertz CT molecular complexity index is 985. The lowest BCUT2D eigenvalue weighted by molar-refractivity contribution is 0.0704. The standard InChI is InChI=1S/C18H19ClN6O/c1-11-8-20-16(19)7-14(11)17(26)24-5-3-4-13(9-24)15-6-12(2)23-18-21-10-22-25(15)18/h6-8,10,13H,3-5,9H2,1-2H3/t13-/m0/s1. The zero-order valence-electron chi connectivity index (χ0n) is 14.7. The summed E-state index contributed by atoms with van der Waals surface area (Å²) in [6.07, 6.45) is 5.09. The smallest absolute Gasteiger partial charge is 0.254 e. The third-order valence-corrected chi connectivity index (χ3v) is 5.04. The third kappa shape index (κ3) is 3.03. The van der Waals surface area contributed by atoms with E-state index in [1.807, 2.05) is 24.8 Å². The van der Waals surface area contributed by atoms with Gasteiger partial charge < -0.3 is 4.90 Å². The van der Waals surface area contributed by atoms with Crippen LogP contribution in [0.4, 0.5) is 0 Å². The van der Waals surface area contributed by atoms with Crippen LogP contribution in [0.15, 0.2) is 24.7 Å². The zero-order valence-corrected chi connectivity index (χ0v) is 15.4. The van der Waals surface area contributed by atoms with Gasteiger partial charge in [0.2, 0.25) is 0 Å². The van der Waals surface area contributed by atoms with Crippen molar-refractivity contribution < 1.29 is 4.79 Å². The number of halogens is 1. The highest BCUT2D eigenvalue weighted by molar-refractivity contribution is 6.29. The molecule has 1 fully saturated rings. The van der Waals surface area contributed by atoms with E-state index in [2.05, 4.69) is 20.1 Å². The Balaban J connectivity index is 1.64. The lowest BCUT2D eigenvalue weighted by Crippen LogP contribution is -2.40. The van der Waals surface area contributed by atoms with Gasteiger partial charge in [-0.3, -0.25) is 4.79 Å². The molecular weight excluding hydrogens is 352 g/mol. The van der Waals surface area contributed by atoms with Crippen molar-refractivity contribution in [2.24, 2.45) is 0 Å². The number of aromatic nitrogens is 5. The van der Waals surface area contributed by atoms with Crippen LogP contribution < -0.4 is 0 Å². The highest BCUT2D eigenvalue weighted by Gasteiger charge is 2.28. The quantitative estimate of drug-likeness (QED) is 0.648. The second-order valence-electron chi connectivity index (χ2n) is 6.71. The molecule has 134 valence electrons. The Hall–Kier alpha value is -2.54. The molecule has 0 bridgehead atoms. The van der Waals surface area contributed by atoms with Crippen LogP contribution >= 0.6 is 11.6 Å². The Morgan fingerprint density at radius 3 is 2.96 bits per heavy atom. The molecule has 1 atom stereocenters. The normalized spacial score (nSPS) is 17.7. The number of likely N-dealkylation sites (tertiary alicyclic amines) is 1. The molecule has 8 heteroatoms. The minimum atomic E-state index is -0.00267. The molecular formula is C18H19ClN6O. The Labute approximate surface area is 156 Å². The molecule has 7 nitrogen and oxygen atoms in total. The van der Waals surface area contributed by atoms with E-state index >= 15 is 0 Å². The monoisotopic (exact) mass is 370 g/mol. The summed E-state index contributed by atoms with van der Waals surface area (Å²) in [6, 6.07) is 3.68. The number of hydrogen-bond donors (Lipinski definition) is 0. The maximum absolute atomic E-state index is 13.0. The first-order valence-electron chi connectivity index (χ1n) is 8.61. The van der Waals surface area contributed by atoms with E-state index in [1.54, 1.807) is 16.8 Å². The number of carbonyl (C=O) groups is 1. The van der Waals surface area contributed by atoms with Crippen LogP contribution in [0.3, 0.4) is 0 Å². The summed E-state index contributed by atoms with van der Waals surface area (Å²) < 4.78 is 1.78. The Morgan fingerprint density at radius 1 is 1.27 bits per heavy atom. The fourth-order valence-electron chi connectivity index (χ4n) is 3.55. The highest BCUT2D eigenvalue weighted by atomic mass is 35.5. The summed E-state index contributed by atoms with van der Waals surface area (Å²) in [5, 5.41) is 4.64. The second-order valence-corrected chi connectivity index (χ2v) is 7.09. The fraction of sp³-hybridized carbons (Fsp3) is 0.389. The number of hydrogen-bond acceptors (Lipinski definition) is 5. The first kappa shape index (κ1) is 16.9. The van der Waals surface area contributed by atoms with Crippen LogP contribution in [-0.2, 0) is 0 Å². The van der Waals surface area contributed by atoms with Crippen LogP contribution in [0, 0.1) is 13.8 Å². The Kier molecular flexibility index (Phi) is 4.32. The lowest BCUT2D eigenvalue weighted by Gasteiger charge is -2.33. The first-order chi connectivity index (χ1) is 12.5. The summed E-state index contributed by atoms with van der Waals surface area (Å²) >= 11 is 5.99. The number of nitrogens with zero attached hydrogens (tertiary/aromatic N) is 6. The molecule has 0 aliphatic carbocycles. The number of pyridine rings is 1. The molecule has 1 aliphatic rings. The van der Waals surface area contributed by atoms with Gasteiger partial charge in [0.05, 0.1) is 5.69 Å². The first-order valence-corrected chi connectivity index (χ1v) is 8.99. The molecule has 0 spiro atoms. The van der Waals surface area contributed by atoms with Crippen molar-refractivity contribution in [2.45, 2.75) is 32.6 Å². The van der Waals surface area contributed by atoms with Gasteiger partial charge in [-0.2, -0.15) is 10.1 Å². The summed E-state index contributed by atoms with van der Waals surface area (Å²) in [5.41, 5.74) is 3.40. The van der Waals surface area contributed by atoms with E-state index in [0.717, 1.165) is 36.3 Å².